The Balaban J connectivity index is 2.72. The largest absolute Gasteiger partial charge is 0.244 e. The van der Waals surface area contributed by atoms with E-state index >= 15 is 0 Å². The smallest absolute Gasteiger partial charge is 0.129 e. The number of halogens is 1. The zero-order chi connectivity index (χ0) is 10.6. The average Bonchev–Trinajstić information content (AvgIpc) is 2.21. The van der Waals surface area contributed by atoms with Crippen molar-refractivity contribution in [1.82, 2.24) is 4.98 Å². The lowest BCUT2D eigenvalue weighted by Crippen LogP contribution is -2.17. The highest BCUT2D eigenvalue weighted by atomic mass is 35.5. The van der Waals surface area contributed by atoms with Crippen molar-refractivity contribution in [2.24, 2.45) is 5.41 Å². The maximum atomic E-state index is 5.74. The van der Waals surface area contributed by atoms with Crippen LogP contribution in [0.25, 0.3) is 0 Å². The molecule has 0 aliphatic heterocycles. The van der Waals surface area contributed by atoms with E-state index in [1.54, 1.807) is 0 Å². The third-order valence-electron chi connectivity index (χ3n) is 3.13. The Morgan fingerprint density at radius 1 is 1.29 bits per heavy atom. The molecule has 0 aliphatic carbocycles. The minimum absolute atomic E-state index is 0.398. The summed E-state index contributed by atoms with van der Waals surface area (Å²) in [5.41, 5.74) is 1.68. The highest BCUT2D eigenvalue weighted by Gasteiger charge is 2.19. The first-order chi connectivity index (χ1) is 6.59. The number of nitrogens with zero attached hydrogens (tertiary/aromatic N) is 1. The van der Waals surface area contributed by atoms with Crippen molar-refractivity contribution in [2.45, 2.75) is 40.0 Å². The van der Waals surface area contributed by atoms with Crippen LogP contribution in [0.2, 0.25) is 5.15 Å². The molecule has 0 fully saturated rings. The molecule has 1 rings (SSSR count). The van der Waals surface area contributed by atoms with Crippen molar-refractivity contribution >= 4 is 11.6 Å². The van der Waals surface area contributed by atoms with Crippen LogP contribution in [0.1, 0.15) is 39.2 Å². The van der Waals surface area contributed by atoms with Crippen LogP contribution in [0, 0.1) is 5.41 Å². The van der Waals surface area contributed by atoms with E-state index in [-0.39, 0.29) is 0 Å². The lowest BCUT2D eigenvalue weighted by molar-refractivity contribution is 0.295. The van der Waals surface area contributed by atoms with E-state index in [1.165, 1.54) is 18.4 Å². The van der Waals surface area contributed by atoms with Gasteiger partial charge in [0.05, 0.1) is 0 Å². The Bertz CT molecular complexity index is 275. The molecule has 0 saturated heterocycles. The SMILES string of the molecule is CCC(C)(CC)Cc1ccc(Cl)nc1. The zero-order valence-corrected chi connectivity index (χ0v) is 9.93. The van der Waals surface area contributed by atoms with Gasteiger partial charge in [0, 0.05) is 6.20 Å². The summed E-state index contributed by atoms with van der Waals surface area (Å²) < 4.78 is 0. The molecular formula is C12H18ClN. The number of hydrogen-bond acceptors (Lipinski definition) is 1. The topological polar surface area (TPSA) is 12.9 Å². The van der Waals surface area contributed by atoms with Gasteiger partial charge in [-0.15, -0.1) is 0 Å². The van der Waals surface area contributed by atoms with Crippen molar-refractivity contribution in [3.05, 3.63) is 29.0 Å². The molecule has 1 aromatic heterocycles. The van der Waals surface area contributed by atoms with Crippen molar-refractivity contribution in [3.8, 4) is 0 Å². The van der Waals surface area contributed by atoms with Gasteiger partial charge in [-0.1, -0.05) is 51.3 Å². The van der Waals surface area contributed by atoms with E-state index in [2.05, 4.69) is 31.8 Å². The summed E-state index contributed by atoms with van der Waals surface area (Å²) in [6.45, 7) is 6.81. The number of rotatable bonds is 4. The van der Waals surface area contributed by atoms with Crippen LogP contribution in [0.4, 0.5) is 0 Å². The van der Waals surface area contributed by atoms with Crippen LogP contribution in [-0.4, -0.2) is 4.98 Å². The van der Waals surface area contributed by atoms with Gasteiger partial charge in [-0.25, -0.2) is 4.98 Å². The molecule has 0 aliphatic rings. The predicted molar refractivity (Wildman–Crippen MR) is 61.6 cm³/mol. The molecule has 0 spiro atoms. The van der Waals surface area contributed by atoms with E-state index in [0.717, 1.165) is 6.42 Å². The minimum Gasteiger partial charge on any atom is -0.244 e. The van der Waals surface area contributed by atoms with Gasteiger partial charge in [0.25, 0.3) is 0 Å². The molecule has 0 unspecified atom stereocenters. The van der Waals surface area contributed by atoms with Gasteiger partial charge in [-0.3, -0.25) is 0 Å². The Morgan fingerprint density at radius 3 is 2.36 bits per heavy atom. The molecular weight excluding hydrogens is 194 g/mol. The molecule has 1 nitrogen and oxygen atoms in total. The van der Waals surface area contributed by atoms with Gasteiger partial charge in [0.15, 0.2) is 0 Å². The fourth-order valence-electron chi connectivity index (χ4n) is 1.50. The van der Waals surface area contributed by atoms with E-state index in [0.29, 0.717) is 10.6 Å². The monoisotopic (exact) mass is 211 g/mol. The van der Waals surface area contributed by atoms with Crippen molar-refractivity contribution in [2.75, 3.05) is 0 Å². The predicted octanol–water partition coefficient (Wildman–Crippen LogP) is 4.10. The second-order valence-electron chi connectivity index (χ2n) is 4.18. The molecule has 0 saturated carbocycles. The van der Waals surface area contributed by atoms with Crippen molar-refractivity contribution in [3.63, 3.8) is 0 Å². The van der Waals surface area contributed by atoms with Crippen LogP contribution in [0.15, 0.2) is 18.3 Å². The molecule has 0 amide bonds. The highest BCUT2D eigenvalue weighted by molar-refractivity contribution is 6.29. The Morgan fingerprint density at radius 2 is 1.93 bits per heavy atom. The molecule has 0 atom stereocenters. The second-order valence-corrected chi connectivity index (χ2v) is 4.57. The van der Waals surface area contributed by atoms with Gasteiger partial charge in [-0.2, -0.15) is 0 Å². The fraction of sp³-hybridized carbons (Fsp3) is 0.583. The van der Waals surface area contributed by atoms with Crippen LogP contribution in [0.3, 0.4) is 0 Å². The maximum Gasteiger partial charge on any atom is 0.129 e. The van der Waals surface area contributed by atoms with Crippen LogP contribution < -0.4 is 0 Å². The second kappa shape index (κ2) is 4.79. The number of aromatic nitrogens is 1. The van der Waals surface area contributed by atoms with E-state index in [4.69, 9.17) is 11.6 Å². The first-order valence-corrected chi connectivity index (χ1v) is 5.58. The molecule has 14 heavy (non-hydrogen) atoms. The fourth-order valence-corrected chi connectivity index (χ4v) is 1.62. The van der Waals surface area contributed by atoms with Crippen LogP contribution in [0.5, 0.6) is 0 Å². The van der Waals surface area contributed by atoms with Crippen molar-refractivity contribution < 1.29 is 0 Å². The normalized spacial score (nSPS) is 11.7. The average molecular weight is 212 g/mol. The van der Waals surface area contributed by atoms with Crippen LogP contribution >= 0.6 is 11.6 Å². The Kier molecular flexibility index (Phi) is 3.94. The standard InChI is InChI=1S/C12H18ClN/c1-4-12(3,5-2)8-10-6-7-11(13)14-9-10/h6-7,9H,4-5,8H2,1-3H3. The van der Waals surface area contributed by atoms with Gasteiger partial charge < -0.3 is 0 Å². The number of pyridine rings is 1. The van der Waals surface area contributed by atoms with Crippen molar-refractivity contribution in [1.29, 1.82) is 0 Å². The molecule has 78 valence electrons. The Labute approximate surface area is 91.5 Å². The van der Waals surface area contributed by atoms with Gasteiger partial charge in [0.1, 0.15) is 5.15 Å². The van der Waals surface area contributed by atoms with Crippen LogP contribution in [-0.2, 0) is 6.42 Å². The Hall–Kier alpha value is -0.560. The van der Waals surface area contributed by atoms with Gasteiger partial charge >= 0.3 is 0 Å². The summed E-state index contributed by atoms with van der Waals surface area (Å²) in [7, 11) is 0. The molecule has 0 radical (unpaired) electrons. The maximum absolute atomic E-state index is 5.74. The summed E-state index contributed by atoms with van der Waals surface area (Å²) in [5, 5.41) is 0.573. The van der Waals surface area contributed by atoms with E-state index < -0.39 is 0 Å². The third kappa shape index (κ3) is 2.98. The van der Waals surface area contributed by atoms with Gasteiger partial charge in [-0.05, 0) is 23.5 Å². The summed E-state index contributed by atoms with van der Waals surface area (Å²) >= 11 is 5.74. The van der Waals surface area contributed by atoms with E-state index in [9.17, 15) is 0 Å². The van der Waals surface area contributed by atoms with Gasteiger partial charge in [0.2, 0.25) is 0 Å². The quantitative estimate of drug-likeness (QED) is 0.684. The lowest BCUT2D eigenvalue weighted by Gasteiger charge is -2.26. The molecule has 0 bridgehead atoms. The molecule has 0 aromatic carbocycles. The third-order valence-corrected chi connectivity index (χ3v) is 3.35. The molecule has 0 N–H and O–H groups in total. The zero-order valence-electron chi connectivity index (χ0n) is 9.18. The molecule has 1 aromatic rings. The van der Waals surface area contributed by atoms with E-state index in [1.807, 2.05) is 12.3 Å². The minimum atomic E-state index is 0.398. The summed E-state index contributed by atoms with van der Waals surface area (Å²) in [5.74, 6) is 0. The highest BCUT2D eigenvalue weighted by Crippen LogP contribution is 2.29. The summed E-state index contributed by atoms with van der Waals surface area (Å²) in [4.78, 5) is 4.10. The summed E-state index contributed by atoms with van der Waals surface area (Å²) in [6.07, 6.45) is 5.37. The first-order valence-electron chi connectivity index (χ1n) is 5.20. The number of hydrogen-bond donors (Lipinski definition) is 0. The first kappa shape index (κ1) is 11.5. The summed E-state index contributed by atoms with van der Waals surface area (Å²) in [6, 6.07) is 3.93. The molecule has 1 heterocycles. The lowest BCUT2D eigenvalue weighted by atomic mass is 9.79. The molecule has 2 heteroatoms.